The van der Waals surface area contributed by atoms with E-state index in [1.807, 2.05) is 7.11 Å². The number of hydrogen-bond acceptors (Lipinski definition) is 1. The quantitative estimate of drug-likeness (QED) is 0.430. The maximum absolute atomic E-state index is 5.83. The number of rotatable bonds is 9. The van der Waals surface area contributed by atoms with Gasteiger partial charge in [0.05, 0.1) is 0 Å². The molecule has 0 aromatic carbocycles. The molecule has 0 N–H and O–H groups in total. The van der Waals surface area contributed by atoms with Gasteiger partial charge in [0.25, 0.3) is 0 Å². The minimum atomic E-state index is -1.30. The molecule has 0 unspecified atom stereocenters. The Hall–Kier alpha value is 0.607. The Morgan fingerprint density at radius 1 is 1.00 bits per heavy atom. The normalized spacial score (nSPS) is 12.4. The molecule has 0 aliphatic carbocycles. The Morgan fingerprint density at radius 3 is 1.87 bits per heavy atom. The lowest BCUT2D eigenvalue weighted by Gasteiger charge is -2.27. The lowest BCUT2D eigenvalue weighted by Crippen LogP contribution is -2.35. The molecule has 0 radical (unpaired) electrons. The van der Waals surface area contributed by atoms with Gasteiger partial charge < -0.3 is 4.43 Å². The summed E-state index contributed by atoms with van der Waals surface area (Å²) < 4.78 is 5.83. The lowest BCUT2D eigenvalue weighted by atomic mass is 10.6. The molecule has 0 bridgehead atoms. The van der Waals surface area contributed by atoms with Gasteiger partial charge >= 0.3 is 0 Å². The molecule has 0 aliphatic heterocycles. The van der Waals surface area contributed by atoms with Crippen LogP contribution in [0.3, 0.4) is 0 Å². The topological polar surface area (TPSA) is 9.23 Å². The average Bonchev–Trinajstić information content (AvgIpc) is 2.31. The predicted molar refractivity (Wildman–Crippen MR) is 76.0 cm³/mol. The van der Waals surface area contributed by atoms with Crippen LogP contribution in [0.2, 0.25) is 18.1 Å². The molecule has 0 rings (SSSR count). The summed E-state index contributed by atoms with van der Waals surface area (Å²) >= 11 is 0. The Labute approximate surface area is 98.9 Å². The fourth-order valence-corrected chi connectivity index (χ4v) is 6.95. The van der Waals surface area contributed by atoms with Crippen molar-refractivity contribution in [3.05, 3.63) is 0 Å². The summed E-state index contributed by atoms with van der Waals surface area (Å²) in [5, 5.41) is 0. The van der Waals surface area contributed by atoms with Crippen LogP contribution < -0.4 is 0 Å². The zero-order valence-electron chi connectivity index (χ0n) is 11.3. The Kier molecular flexibility index (Phi) is 9.08. The highest BCUT2D eigenvalue weighted by atomic mass is 31.1. The number of hydrogen-bond donors (Lipinski definition) is 0. The van der Waals surface area contributed by atoms with Gasteiger partial charge in [-0.05, 0) is 43.0 Å². The molecule has 0 amide bonds. The van der Waals surface area contributed by atoms with Crippen molar-refractivity contribution < 1.29 is 4.43 Å². The van der Waals surface area contributed by atoms with E-state index in [1.54, 1.807) is 0 Å². The predicted octanol–water partition coefficient (Wildman–Crippen LogP) is 4.53. The molecule has 0 fully saturated rings. The van der Waals surface area contributed by atoms with Crippen LogP contribution in [0.1, 0.15) is 34.1 Å². The van der Waals surface area contributed by atoms with Crippen LogP contribution in [-0.2, 0) is 4.43 Å². The molecular formula is C12H29OPSi. The molecule has 15 heavy (non-hydrogen) atoms. The van der Waals surface area contributed by atoms with Crippen molar-refractivity contribution in [1.82, 2.24) is 0 Å². The van der Waals surface area contributed by atoms with Crippen molar-refractivity contribution in [3.8, 4) is 0 Å². The van der Waals surface area contributed by atoms with Crippen LogP contribution in [0.5, 0.6) is 0 Å². The second kappa shape index (κ2) is 8.72. The summed E-state index contributed by atoms with van der Waals surface area (Å²) in [6.45, 7) is 9.30. The van der Waals surface area contributed by atoms with Gasteiger partial charge in [0, 0.05) is 7.11 Å². The first-order chi connectivity index (χ1) is 7.17. The standard InChI is InChI=1S/C12H29OPSi/c1-6-14(7-2)11-10-12-15(8-3,9-4)13-5/h6-12H2,1-5H3. The van der Waals surface area contributed by atoms with E-state index in [1.165, 1.54) is 43.0 Å². The monoisotopic (exact) mass is 248 g/mol. The van der Waals surface area contributed by atoms with Crippen LogP contribution in [-0.4, -0.2) is 33.9 Å². The summed E-state index contributed by atoms with van der Waals surface area (Å²) in [4.78, 5) is 0. The van der Waals surface area contributed by atoms with E-state index in [-0.39, 0.29) is 0 Å². The second-order valence-electron chi connectivity index (χ2n) is 4.22. The molecule has 0 aromatic heterocycles. The van der Waals surface area contributed by atoms with E-state index in [2.05, 4.69) is 27.7 Å². The molecule has 0 aliphatic rings. The SMILES string of the molecule is CCP(CC)CCC[Si](CC)(CC)OC. The smallest absolute Gasteiger partial charge is 0.191 e. The van der Waals surface area contributed by atoms with Gasteiger partial charge in [-0.2, -0.15) is 0 Å². The van der Waals surface area contributed by atoms with Gasteiger partial charge in [0.15, 0.2) is 8.32 Å². The molecule has 1 nitrogen and oxygen atoms in total. The van der Waals surface area contributed by atoms with E-state index < -0.39 is 8.32 Å². The van der Waals surface area contributed by atoms with E-state index in [0.717, 1.165) is 0 Å². The first kappa shape index (κ1) is 15.6. The van der Waals surface area contributed by atoms with Crippen LogP contribution in [0.25, 0.3) is 0 Å². The zero-order chi connectivity index (χ0) is 11.7. The first-order valence-electron chi connectivity index (χ1n) is 6.45. The fraction of sp³-hybridized carbons (Fsp3) is 1.00. The molecule has 0 heterocycles. The maximum Gasteiger partial charge on any atom is 0.191 e. The zero-order valence-corrected chi connectivity index (χ0v) is 13.2. The summed E-state index contributed by atoms with van der Waals surface area (Å²) in [5.74, 6) is 0. The molecule has 0 saturated heterocycles. The highest BCUT2D eigenvalue weighted by molar-refractivity contribution is 7.57. The van der Waals surface area contributed by atoms with Gasteiger partial charge in [0.2, 0.25) is 0 Å². The van der Waals surface area contributed by atoms with E-state index >= 15 is 0 Å². The summed E-state index contributed by atoms with van der Waals surface area (Å²) in [5.41, 5.74) is 0. The van der Waals surface area contributed by atoms with Crippen LogP contribution in [0, 0.1) is 0 Å². The Balaban J connectivity index is 3.89. The molecule has 0 saturated carbocycles. The average molecular weight is 248 g/mol. The Morgan fingerprint density at radius 2 is 1.53 bits per heavy atom. The molecule has 0 aromatic rings. The summed E-state index contributed by atoms with van der Waals surface area (Å²) in [7, 11) is 0.975. The maximum atomic E-state index is 5.83. The fourth-order valence-electron chi connectivity index (χ4n) is 2.16. The third-order valence-electron chi connectivity index (χ3n) is 3.72. The molecule has 92 valence electrons. The minimum Gasteiger partial charge on any atom is -0.420 e. The van der Waals surface area contributed by atoms with E-state index in [9.17, 15) is 0 Å². The van der Waals surface area contributed by atoms with Gasteiger partial charge in [-0.3, -0.25) is 0 Å². The van der Waals surface area contributed by atoms with Crippen molar-refractivity contribution in [2.45, 2.75) is 52.2 Å². The van der Waals surface area contributed by atoms with Gasteiger partial charge in [0.1, 0.15) is 0 Å². The van der Waals surface area contributed by atoms with Crippen molar-refractivity contribution in [3.63, 3.8) is 0 Å². The second-order valence-corrected chi connectivity index (χ2v) is 12.0. The van der Waals surface area contributed by atoms with Crippen molar-refractivity contribution in [1.29, 1.82) is 0 Å². The van der Waals surface area contributed by atoms with Crippen LogP contribution in [0.15, 0.2) is 0 Å². The third-order valence-corrected chi connectivity index (χ3v) is 11.2. The largest absolute Gasteiger partial charge is 0.420 e. The molecule has 0 spiro atoms. The summed E-state index contributed by atoms with van der Waals surface area (Å²) in [6, 6.07) is 3.96. The third kappa shape index (κ3) is 5.47. The minimum absolute atomic E-state index is 0.342. The van der Waals surface area contributed by atoms with E-state index in [4.69, 9.17) is 4.43 Å². The van der Waals surface area contributed by atoms with Crippen molar-refractivity contribution >= 4 is 16.2 Å². The highest BCUT2D eigenvalue weighted by Gasteiger charge is 2.28. The summed E-state index contributed by atoms with van der Waals surface area (Å²) in [6.07, 6.45) is 5.70. The molecule has 3 heteroatoms. The van der Waals surface area contributed by atoms with Crippen molar-refractivity contribution in [2.75, 3.05) is 25.6 Å². The van der Waals surface area contributed by atoms with Crippen molar-refractivity contribution in [2.24, 2.45) is 0 Å². The molecular weight excluding hydrogens is 219 g/mol. The Bertz CT molecular complexity index is 136. The van der Waals surface area contributed by atoms with Crippen LogP contribution in [0.4, 0.5) is 0 Å². The lowest BCUT2D eigenvalue weighted by molar-refractivity contribution is 0.391. The molecule has 0 atom stereocenters. The van der Waals surface area contributed by atoms with Gasteiger partial charge in [-0.25, -0.2) is 0 Å². The highest BCUT2D eigenvalue weighted by Crippen LogP contribution is 2.36. The van der Waals surface area contributed by atoms with Crippen LogP contribution >= 0.6 is 7.92 Å². The first-order valence-corrected chi connectivity index (χ1v) is 10.9. The van der Waals surface area contributed by atoms with Gasteiger partial charge in [-0.1, -0.05) is 27.7 Å². The van der Waals surface area contributed by atoms with E-state index in [0.29, 0.717) is 7.92 Å². The van der Waals surface area contributed by atoms with Gasteiger partial charge in [-0.15, -0.1) is 7.92 Å².